The molecule has 2 heterocycles. The highest BCUT2D eigenvalue weighted by Crippen LogP contribution is 2.52. The molecule has 11 aromatic rings. The van der Waals surface area contributed by atoms with E-state index in [-0.39, 0.29) is 5.41 Å². The van der Waals surface area contributed by atoms with E-state index in [0.29, 0.717) is 0 Å². The first kappa shape index (κ1) is 41.7. The molecule has 330 valence electrons. The largest absolute Gasteiger partial charge is 0.315 e. The normalized spacial score (nSPS) is 13.2. The number of fused-ring (bicyclic) bond motifs is 7. The maximum Gasteiger partial charge on any atom is 0.0619 e. The average molecular weight is 886 g/mol. The Morgan fingerprint density at radius 1 is 0.464 bits per heavy atom. The second kappa shape index (κ2) is 16.9. The molecule has 12 rings (SSSR count). The molecular formula is C66H51N3. The summed E-state index contributed by atoms with van der Waals surface area (Å²) in [4.78, 5) is 2.37. The van der Waals surface area contributed by atoms with Crippen LogP contribution in [0.25, 0.3) is 88.7 Å². The molecule has 2 aromatic heterocycles. The molecule has 3 heteroatoms. The Balaban J connectivity index is 0.948. The Labute approximate surface area is 404 Å². The molecule has 0 fully saturated rings. The average Bonchev–Trinajstić information content (AvgIpc) is 4.00. The highest BCUT2D eigenvalue weighted by molar-refractivity contribution is 6.11. The molecular weight excluding hydrogens is 835 g/mol. The molecule has 0 aliphatic heterocycles. The summed E-state index contributed by atoms with van der Waals surface area (Å²) < 4.78 is 4.76. The van der Waals surface area contributed by atoms with Crippen molar-refractivity contribution in [3.05, 3.63) is 266 Å². The van der Waals surface area contributed by atoms with Crippen molar-refractivity contribution in [1.29, 1.82) is 0 Å². The Morgan fingerprint density at radius 2 is 1.00 bits per heavy atom. The predicted molar refractivity (Wildman–Crippen MR) is 293 cm³/mol. The molecule has 1 aliphatic carbocycles. The second-order valence-corrected chi connectivity index (χ2v) is 18.6. The van der Waals surface area contributed by atoms with E-state index in [1.807, 2.05) is 6.08 Å². The van der Waals surface area contributed by atoms with Crippen LogP contribution in [0.2, 0.25) is 0 Å². The van der Waals surface area contributed by atoms with E-state index in [2.05, 4.69) is 278 Å². The van der Waals surface area contributed by atoms with Gasteiger partial charge in [0.05, 0.1) is 22.2 Å². The van der Waals surface area contributed by atoms with Gasteiger partial charge in [-0.1, -0.05) is 178 Å². The molecule has 1 aliphatic rings. The quantitative estimate of drug-likeness (QED) is 0.125. The van der Waals surface area contributed by atoms with Crippen molar-refractivity contribution in [2.45, 2.75) is 26.2 Å². The third kappa shape index (κ3) is 6.97. The van der Waals surface area contributed by atoms with Gasteiger partial charge in [-0.05, 0) is 136 Å². The first-order chi connectivity index (χ1) is 33.9. The van der Waals surface area contributed by atoms with E-state index in [1.165, 1.54) is 77.4 Å². The van der Waals surface area contributed by atoms with Crippen molar-refractivity contribution < 1.29 is 0 Å². The molecule has 9 aromatic carbocycles. The van der Waals surface area contributed by atoms with Crippen LogP contribution in [0, 0.1) is 0 Å². The highest BCUT2D eigenvalue weighted by atomic mass is 15.1. The number of para-hydroxylation sites is 4. The minimum absolute atomic E-state index is 0.250. The van der Waals surface area contributed by atoms with Gasteiger partial charge >= 0.3 is 0 Å². The third-order valence-corrected chi connectivity index (χ3v) is 14.3. The number of hydrogen-bond acceptors (Lipinski definition) is 1. The summed E-state index contributed by atoms with van der Waals surface area (Å²) in [5, 5.41) is 3.69. The number of allylic oxidation sites excluding steroid dienone is 5. The molecule has 0 bridgehead atoms. The summed E-state index contributed by atoms with van der Waals surface area (Å²) in [5.74, 6) is 0. The lowest BCUT2D eigenvalue weighted by Crippen LogP contribution is -2.18. The summed E-state index contributed by atoms with van der Waals surface area (Å²) >= 11 is 0. The van der Waals surface area contributed by atoms with Gasteiger partial charge < -0.3 is 14.0 Å². The zero-order valence-corrected chi connectivity index (χ0v) is 39.1. The summed E-state index contributed by atoms with van der Waals surface area (Å²) in [6.45, 7) is 11.3. The minimum atomic E-state index is -0.250. The lowest BCUT2D eigenvalue weighted by atomic mass is 9.81. The number of anilines is 2. The van der Waals surface area contributed by atoms with Gasteiger partial charge in [-0.3, -0.25) is 0 Å². The second-order valence-electron chi connectivity index (χ2n) is 18.6. The van der Waals surface area contributed by atoms with E-state index in [0.717, 1.165) is 39.5 Å². The van der Waals surface area contributed by atoms with E-state index in [4.69, 9.17) is 0 Å². The van der Waals surface area contributed by atoms with Gasteiger partial charge in [0.2, 0.25) is 0 Å². The van der Waals surface area contributed by atoms with Crippen LogP contribution in [0.5, 0.6) is 0 Å². The van der Waals surface area contributed by atoms with Crippen LogP contribution in [0.3, 0.4) is 0 Å². The van der Waals surface area contributed by atoms with E-state index in [1.54, 1.807) is 0 Å². The predicted octanol–water partition coefficient (Wildman–Crippen LogP) is 17.8. The number of aromatic nitrogens is 2. The van der Waals surface area contributed by atoms with E-state index < -0.39 is 0 Å². The van der Waals surface area contributed by atoms with Gasteiger partial charge in [0.1, 0.15) is 0 Å². The van der Waals surface area contributed by atoms with Crippen LogP contribution in [0.15, 0.2) is 255 Å². The molecule has 0 unspecified atom stereocenters. The first-order valence-electron chi connectivity index (χ1n) is 23.9. The van der Waals surface area contributed by atoms with Gasteiger partial charge in [0, 0.05) is 55.6 Å². The lowest BCUT2D eigenvalue weighted by molar-refractivity contribution is 0.660. The molecule has 0 N–H and O–H groups in total. The van der Waals surface area contributed by atoms with Gasteiger partial charge in [-0.2, -0.15) is 0 Å². The summed E-state index contributed by atoms with van der Waals surface area (Å²) in [7, 11) is 0. The Morgan fingerprint density at radius 3 is 1.65 bits per heavy atom. The smallest absolute Gasteiger partial charge is 0.0619 e. The zero-order chi connectivity index (χ0) is 46.6. The van der Waals surface area contributed by atoms with Gasteiger partial charge in [0.25, 0.3) is 0 Å². The molecule has 0 atom stereocenters. The maximum absolute atomic E-state index is 4.29. The van der Waals surface area contributed by atoms with Crippen molar-refractivity contribution in [1.82, 2.24) is 9.13 Å². The standard InChI is InChI=1S/C66H51N3/c1-5-50(68-61-32-20-18-30-56(61)57-31-19-21-33-62(57)68)37-34-45(2)67(51-26-14-8-15-27-51)53-38-40-55-54-39-35-49(43-59(54)66(3,4)60(55)44-53)48-36-41-63-58(42-48)64(46-22-10-6-11-23-46)65(47-24-12-7-13-25-47)69(63)52-28-16-9-17-29-52/h5-44H,1H2,2-4H3/b45-34+,50-37+. The third-order valence-electron chi connectivity index (χ3n) is 14.3. The molecule has 0 amide bonds. The summed E-state index contributed by atoms with van der Waals surface area (Å²) in [6, 6.07) is 81.6. The zero-order valence-electron chi connectivity index (χ0n) is 39.1. The van der Waals surface area contributed by atoms with Crippen LogP contribution in [0.4, 0.5) is 11.4 Å². The Hall–Kier alpha value is -8.66. The van der Waals surface area contributed by atoms with Crippen molar-refractivity contribution in [2.24, 2.45) is 0 Å². The number of nitrogens with zero attached hydrogens (tertiary/aromatic N) is 3. The lowest BCUT2D eigenvalue weighted by Gasteiger charge is -2.28. The minimum Gasteiger partial charge on any atom is -0.315 e. The van der Waals surface area contributed by atoms with Gasteiger partial charge in [-0.15, -0.1) is 0 Å². The Bertz CT molecular complexity index is 3760. The SMILES string of the molecule is C=C/C(=C\C=C(/C)N(c1ccccc1)c1ccc2c(c1)C(C)(C)c1cc(-c3ccc4c(c3)c(-c3ccccc3)c(-c3ccccc3)n4-c3ccccc3)ccc1-2)n1c2ccccc2c2ccccc21. The molecule has 0 saturated heterocycles. The van der Waals surface area contributed by atoms with Crippen LogP contribution < -0.4 is 4.90 Å². The monoisotopic (exact) mass is 885 g/mol. The highest BCUT2D eigenvalue weighted by Gasteiger charge is 2.36. The fraction of sp³-hybridized carbons (Fsp3) is 0.0606. The van der Waals surface area contributed by atoms with Gasteiger partial charge in [0.15, 0.2) is 0 Å². The van der Waals surface area contributed by atoms with Crippen LogP contribution in [-0.4, -0.2) is 9.13 Å². The van der Waals surface area contributed by atoms with Crippen molar-refractivity contribution in [2.75, 3.05) is 4.90 Å². The number of benzene rings is 9. The molecule has 69 heavy (non-hydrogen) atoms. The number of hydrogen-bond donors (Lipinski definition) is 0. The van der Waals surface area contributed by atoms with Crippen LogP contribution in [0.1, 0.15) is 31.9 Å². The number of rotatable bonds is 10. The van der Waals surface area contributed by atoms with E-state index >= 15 is 0 Å². The summed E-state index contributed by atoms with van der Waals surface area (Å²) in [6.07, 6.45) is 6.39. The van der Waals surface area contributed by atoms with Gasteiger partial charge in [-0.25, -0.2) is 0 Å². The molecule has 3 nitrogen and oxygen atoms in total. The summed E-state index contributed by atoms with van der Waals surface area (Å²) in [5.41, 5.74) is 21.2. The first-order valence-corrected chi connectivity index (χ1v) is 23.9. The van der Waals surface area contributed by atoms with E-state index in [9.17, 15) is 0 Å². The van der Waals surface area contributed by atoms with Crippen molar-refractivity contribution in [3.8, 4) is 50.3 Å². The molecule has 0 spiro atoms. The fourth-order valence-electron chi connectivity index (χ4n) is 11.0. The van der Waals surface area contributed by atoms with Crippen LogP contribution >= 0.6 is 0 Å². The maximum atomic E-state index is 4.29. The molecule has 0 radical (unpaired) electrons. The Kier molecular flexibility index (Phi) is 10.2. The fourth-order valence-corrected chi connectivity index (χ4v) is 11.0. The topological polar surface area (TPSA) is 13.1 Å². The van der Waals surface area contributed by atoms with Crippen molar-refractivity contribution in [3.63, 3.8) is 0 Å². The van der Waals surface area contributed by atoms with Crippen LogP contribution in [-0.2, 0) is 5.41 Å². The molecule has 0 saturated carbocycles. The van der Waals surface area contributed by atoms with Crippen molar-refractivity contribution >= 4 is 49.8 Å².